The van der Waals surface area contributed by atoms with Gasteiger partial charge in [-0.2, -0.15) is 10.2 Å². The summed E-state index contributed by atoms with van der Waals surface area (Å²) in [5, 5.41) is 18.3. The number of fused-ring (bicyclic) bond motifs is 2. The van der Waals surface area contributed by atoms with E-state index in [0.717, 1.165) is 23.5 Å². The summed E-state index contributed by atoms with van der Waals surface area (Å²) in [6.45, 7) is 26.7. The topological polar surface area (TPSA) is 171 Å². The summed E-state index contributed by atoms with van der Waals surface area (Å²) in [5.41, 5.74) is 0.922. The maximum absolute atomic E-state index is 14.3. The third kappa shape index (κ3) is 13.1. The first-order valence-electron chi connectivity index (χ1n) is 21.7. The lowest BCUT2D eigenvalue weighted by Gasteiger charge is -2.31. The van der Waals surface area contributed by atoms with Crippen molar-refractivity contribution < 1.29 is 52.0 Å². The predicted octanol–water partition coefficient (Wildman–Crippen LogP) is 7.69. The Morgan fingerprint density at radius 1 is 0.710 bits per heavy atom. The molecule has 3 amide bonds. The first-order valence-corrected chi connectivity index (χ1v) is 29.1. The molecule has 348 valence electrons. The van der Waals surface area contributed by atoms with Crippen LogP contribution in [-0.4, -0.2) is 135 Å². The van der Waals surface area contributed by atoms with Crippen molar-refractivity contribution >= 4 is 40.2 Å². The molecule has 0 radical (unpaired) electrons. The Kier molecular flexibility index (Phi) is 14.5. The number of aromatic carboxylic acids is 1. The molecule has 1 saturated carbocycles. The second-order valence-corrected chi connectivity index (χ2v) is 32.7. The Morgan fingerprint density at radius 2 is 1.13 bits per heavy atom. The molecule has 1 saturated heterocycles. The van der Waals surface area contributed by atoms with Crippen LogP contribution < -0.4 is 0 Å². The van der Waals surface area contributed by atoms with Crippen LogP contribution in [0.4, 0.5) is 18.4 Å². The van der Waals surface area contributed by atoms with E-state index in [4.69, 9.17) is 18.9 Å². The zero-order valence-corrected chi connectivity index (χ0v) is 40.9. The number of carboxylic acid groups (broad SMARTS) is 1. The fraction of sp³-hybridized carbons (Fsp3) is 0.762. The number of ether oxygens (including phenoxy) is 4. The molecule has 16 nitrogen and oxygen atoms in total. The van der Waals surface area contributed by atoms with Gasteiger partial charge in [-0.25, -0.2) is 32.5 Å². The number of nitrogens with zero attached hydrogens (tertiary/aromatic N) is 7. The number of aromatic nitrogens is 4. The quantitative estimate of drug-likeness (QED) is 0.164. The monoisotopic (exact) mass is 909 g/mol. The third-order valence-corrected chi connectivity index (χ3v) is 14.4. The molecule has 1 spiro atoms. The molecule has 1 aliphatic carbocycles. The van der Waals surface area contributed by atoms with Crippen molar-refractivity contribution in [2.45, 2.75) is 174 Å². The van der Waals surface area contributed by atoms with E-state index in [1.54, 1.807) is 55.8 Å². The molecule has 0 unspecified atom stereocenters. The van der Waals surface area contributed by atoms with E-state index in [1.165, 1.54) is 9.80 Å². The van der Waals surface area contributed by atoms with Crippen LogP contribution >= 0.6 is 0 Å². The highest BCUT2D eigenvalue weighted by molar-refractivity contribution is 6.76. The van der Waals surface area contributed by atoms with Crippen LogP contribution in [0.25, 0.3) is 0 Å². The van der Waals surface area contributed by atoms with Gasteiger partial charge < -0.3 is 38.8 Å². The normalized spacial score (nSPS) is 18.2. The molecular formula is C42H69F2N7O9Si2. The summed E-state index contributed by atoms with van der Waals surface area (Å²) >= 11 is 0. The molecule has 20 heteroatoms. The lowest BCUT2D eigenvalue weighted by molar-refractivity contribution is 0.0115. The fourth-order valence-electron chi connectivity index (χ4n) is 7.60. The minimum Gasteiger partial charge on any atom is -0.476 e. The minimum absolute atomic E-state index is 0.0212. The lowest BCUT2D eigenvalue weighted by atomic mass is 10.0. The van der Waals surface area contributed by atoms with Crippen molar-refractivity contribution in [3.63, 3.8) is 0 Å². The number of halogens is 2. The van der Waals surface area contributed by atoms with Gasteiger partial charge in [0.25, 0.3) is 11.8 Å². The van der Waals surface area contributed by atoms with Crippen LogP contribution in [0.5, 0.6) is 0 Å². The maximum atomic E-state index is 14.3. The average Bonchev–Trinajstić information content (AvgIpc) is 3.52. The number of likely N-dealkylation sites (tertiary alicyclic amines) is 1. The zero-order chi connectivity index (χ0) is 46.2. The van der Waals surface area contributed by atoms with Crippen molar-refractivity contribution in [3.05, 3.63) is 33.9 Å². The smallest absolute Gasteiger partial charge is 0.410 e. The number of alkyl halides is 2. The molecule has 4 aliphatic rings. The van der Waals surface area contributed by atoms with E-state index < -0.39 is 69.4 Å². The standard InChI is InChI=1S/C24H38F2N4O4Si.C18H31N3O5Si/c1-22(2,3)34-21(32)28-10-7-18-17(13-28)19(27-30(18)16-33-11-12-35(4,5)6)20(31)29-15-24(25,26)14-23(29)8-9-23;1-18(2,3)26-17(24)20-8-7-14-13(11-20)15(16(22)23)19-21(14)12-25-9-10-27(4,5)6/h7-16H2,1-6H3;7-12H2,1-6H3,(H,22,23). The van der Waals surface area contributed by atoms with E-state index >= 15 is 0 Å². The first-order chi connectivity index (χ1) is 28.5. The third-order valence-electron chi connectivity index (χ3n) is 11.0. The van der Waals surface area contributed by atoms with E-state index in [2.05, 4.69) is 49.5 Å². The number of hydrogen-bond donors (Lipinski definition) is 1. The molecule has 0 atom stereocenters. The number of amides is 3. The largest absolute Gasteiger partial charge is 0.476 e. The highest BCUT2D eigenvalue weighted by atomic mass is 28.3. The summed E-state index contributed by atoms with van der Waals surface area (Å²) in [6, 6.07) is 2.04. The van der Waals surface area contributed by atoms with Crippen molar-refractivity contribution in [1.29, 1.82) is 0 Å². The van der Waals surface area contributed by atoms with E-state index in [1.807, 2.05) is 0 Å². The number of carbonyl (C=O) groups excluding carboxylic acids is 3. The van der Waals surface area contributed by atoms with Gasteiger partial charge in [0.05, 0.1) is 19.6 Å². The van der Waals surface area contributed by atoms with Crippen LogP contribution in [0.3, 0.4) is 0 Å². The highest BCUT2D eigenvalue weighted by Gasteiger charge is 2.63. The van der Waals surface area contributed by atoms with Crippen molar-refractivity contribution in [2.24, 2.45) is 0 Å². The molecule has 6 rings (SSSR count). The minimum atomic E-state index is -2.89. The molecule has 62 heavy (non-hydrogen) atoms. The van der Waals surface area contributed by atoms with Crippen molar-refractivity contribution in [1.82, 2.24) is 34.3 Å². The van der Waals surface area contributed by atoms with E-state index in [-0.39, 0.29) is 44.4 Å². The SMILES string of the molecule is CC(C)(C)OC(=O)N1CCc2c(c(C(=O)N3CC(F)(F)CC34CC4)nn2COCC[Si](C)(C)C)C1.CC(C)(C)OC(=O)N1CCc2c(c(C(=O)O)nn2COCC[Si](C)(C)C)C1. The van der Waals surface area contributed by atoms with Gasteiger partial charge in [-0.05, 0) is 66.5 Å². The van der Waals surface area contributed by atoms with Crippen molar-refractivity contribution in [3.8, 4) is 0 Å². The Bertz CT molecular complexity index is 1970. The molecule has 2 fully saturated rings. The summed E-state index contributed by atoms with van der Waals surface area (Å²) in [4.78, 5) is 54.6. The van der Waals surface area contributed by atoms with Crippen LogP contribution in [0, 0.1) is 0 Å². The van der Waals surface area contributed by atoms with Gasteiger partial charge in [-0.3, -0.25) is 4.79 Å². The first kappa shape index (κ1) is 49.1. The van der Waals surface area contributed by atoms with Gasteiger partial charge in [0.2, 0.25) is 0 Å². The van der Waals surface area contributed by atoms with Gasteiger partial charge in [-0.15, -0.1) is 0 Å². The molecule has 2 aromatic rings. The van der Waals surface area contributed by atoms with Gasteiger partial charge in [0, 0.05) is 89.8 Å². The summed E-state index contributed by atoms with van der Waals surface area (Å²) in [6.07, 6.45) is 0.969. The number of hydrogen-bond acceptors (Lipinski definition) is 10. The maximum Gasteiger partial charge on any atom is 0.410 e. The second-order valence-electron chi connectivity index (χ2n) is 21.5. The summed E-state index contributed by atoms with van der Waals surface area (Å²) < 4.78 is 54.4. The van der Waals surface area contributed by atoms with E-state index in [9.17, 15) is 33.1 Å². The molecule has 0 aromatic carbocycles. The summed E-state index contributed by atoms with van der Waals surface area (Å²) in [5.74, 6) is -4.47. The Labute approximate surface area is 366 Å². The Morgan fingerprint density at radius 3 is 1.52 bits per heavy atom. The van der Waals surface area contributed by atoms with Crippen molar-refractivity contribution in [2.75, 3.05) is 32.8 Å². The van der Waals surface area contributed by atoms with Gasteiger partial charge in [0.1, 0.15) is 24.7 Å². The average molecular weight is 910 g/mol. The van der Waals surface area contributed by atoms with Crippen LogP contribution in [-0.2, 0) is 58.3 Å². The second kappa shape index (κ2) is 18.3. The number of rotatable bonds is 12. The molecule has 0 bridgehead atoms. The van der Waals surface area contributed by atoms with Crippen LogP contribution in [0.2, 0.25) is 51.4 Å². The molecular weight excluding hydrogens is 841 g/mol. The highest BCUT2D eigenvalue weighted by Crippen LogP contribution is 2.55. The Hall–Kier alpha value is -3.89. The zero-order valence-electron chi connectivity index (χ0n) is 38.9. The molecule has 3 aliphatic heterocycles. The fourth-order valence-corrected chi connectivity index (χ4v) is 9.11. The van der Waals surface area contributed by atoms with Gasteiger partial charge in [-0.1, -0.05) is 39.3 Å². The lowest BCUT2D eigenvalue weighted by Crippen LogP contribution is -2.41. The number of carboxylic acids is 1. The molecule has 1 N–H and O–H groups in total. The van der Waals surface area contributed by atoms with Gasteiger partial charge in [0.15, 0.2) is 11.4 Å². The van der Waals surface area contributed by atoms with E-state index in [0.29, 0.717) is 63.1 Å². The summed E-state index contributed by atoms with van der Waals surface area (Å²) in [7, 11) is -2.45. The predicted molar refractivity (Wildman–Crippen MR) is 233 cm³/mol. The van der Waals surface area contributed by atoms with Crippen LogP contribution in [0.1, 0.15) is 104 Å². The Balaban J connectivity index is 0.000000243. The van der Waals surface area contributed by atoms with Gasteiger partial charge >= 0.3 is 18.2 Å². The van der Waals surface area contributed by atoms with Crippen LogP contribution in [0.15, 0.2) is 0 Å². The molecule has 2 aromatic heterocycles. The molecule has 5 heterocycles. The number of carbonyl (C=O) groups is 4.